The van der Waals surface area contributed by atoms with Crippen molar-refractivity contribution in [1.29, 1.82) is 0 Å². The van der Waals surface area contributed by atoms with Crippen LogP contribution < -0.4 is 0 Å². The first-order valence-electron chi connectivity index (χ1n) is 6.03. The lowest BCUT2D eigenvalue weighted by Crippen LogP contribution is -2.00. The maximum atomic E-state index is 5.26. The van der Waals surface area contributed by atoms with E-state index in [-0.39, 0.29) is 5.25 Å². The molecule has 3 aromatic rings. The third kappa shape index (κ3) is 2.35. The van der Waals surface area contributed by atoms with Crippen LogP contribution in [0.4, 0.5) is 0 Å². The molecule has 0 saturated carbocycles. The van der Waals surface area contributed by atoms with E-state index in [1.54, 1.807) is 18.1 Å². The van der Waals surface area contributed by atoms with Crippen LogP contribution in [0.3, 0.4) is 0 Å². The molecule has 0 amide bonds. The predicted octanol–water partition coefficient (Wildman–Crippen LogP) is 2.89. The highest BCUT2D eigenvalue weighted by molar-refractivity contribution is 7.98. The van der Waals surface area contributed by atoms with Crippen LogP contribution >= 0.6 is 11.8 Å². The van der Waals surface area contributed by atoms with Gasteiger partial charge in [-0.25, -0.2) is 4.98 Å². The minimum absolute atomic E-state index is 0.223. The minimum atomic E-state index is 0.223. The average Bonchev–Trinajstić information content (AvgIpc) is 3.06. The number of hydrogen-bond acceptors (Lipinski definition) is 5. The molecule has 0 fully saturated rings. The number of benzene rings is 1. The molecule has 0 unspecified atom stereocenters. The van der Waals surface area contributed by atoms with Gasteiger partial charge in [0.15, 0.2) is 5.82 Å². The van der Waals surface area contributed by atoms with E-state index in [0.717, 1.165) is 11.0 Å². The summed E-state index contributed by atoms with van der Waals surface area (Å²) in [6.07, 6.45) is 3.83. The highest BCUT2D eigenvalue weighted by Gasteiger charge is 2.13. The zero-order chi connectivity index (χ0) is 13.2. The van der Waals surface area contributed by atoms with Crippen LogP contribution in [-0.2, 0) is 6.54 Å². The molecule has 2 heterocycles. The Balaban J connectivity index is 1.87. The molecule has 3 rings (SSSR count). The molecule has 0 spiro atoms. The minimum Gasteiger partial charge on any atom is -0.338 e. The standard InChI is InChI=1S/C13H14N4OS/c1-9(19-2)13-15-12(16-18-13)7-17-8-14-10-5-3-4-6-11(10)17/h3-6,8-9H,7H2,1-2H3/t9-/m0/s1. The third-order valence-electron chi connectivity index (χ3n) is 3.02. The summed E-state index contributed by atoms with van der Waals surface area (Å²) in [5, 5.41) is 4.24. The summed E-state index contributed by atoms with van der Waals surface area (Å²) in [5.74, 6) is 1.35. The van der Waals surface area contributed by atoms with Crippen molar-refractivity contribution in [1.82, 2.24) is 19.7 Å². The molecular formula is C13H14N4OS. The summed E-state index contributed by atoms with van der Waals surface area (Å²) in [5.41, 5.74) is 2.05. The molecule has 6 heteroatoms. The van der Waals surface area contributed by atoms with Crippen LogP contribution in [0.15, 0.2) is 35.1 Å². The van der Waals surface area contributed by atoms with Crippen molar-refractivity contribution in [2.75, 3.05) is 6.26 Å². The number of hydrogen-bond donors (Lipinski definition) is 0. The van der Waals surface area contributed by atoms with Gasteiger partial charge in [0.05, 0.1) is 29.2 Å². The topological polar surface area (TPSA) is 56.7 Å². The summed E-state index contributed by atoms with van der Waals surface area (Å²) < 4.78 is 7.28. The number of fused-ring (bicyclic) bond motifs is 1. The van der Waals surface area contributed by atoms with Crippen molar-refractivity contribution >= 4 is 22.8 Å². The normalized spacial score (nSPS) is 12.9. The number of imidazole rings is 1. The van der Waals surface area contributed by atoms with E-state index >= 15 is 0 Å². The Bertz CT molecular complexity index is 691. The van der Waals surface area contributed by atoms with E-state index in [1.807, 2.05) is 35.1 Å². The fraction of sp³-hybridized carbons (Fsp3) is 0.308. The molecule has 98 valence electrons. The summed E-state index contributed by atoms with van der Waals surface area (Å²) >= 11 is 1.69. The van der Waals surface area contributed by atoms with E-state index in [2.05, 4.69) is 22.0 Å². The number of nitrogens with zero attached hydrogens (tertiary/aromatic N) is 4. The molecular weight excluding hydrogens is 260 g/mol. The summed E-state index contributed by atoms with van der Waals surface area (Å²) in [7, 11) is 0. The van der Waals surface area contributed by atoms with Gasteiger partial charge in [0.2, 0.25) is 5.89 Å². The number of rotatable bonds is 4. The van der Waals surface area contributed by atoms with E-state index < -0.39 is 0 Å². The van der Waals surface area contributed by atoms with Gasteiger partial charge >= 0.3 is 0 Å². The Morgan fingerprint density at radius 3 is 3.05 bits per heavy atom. The largest absolute Gasteiger partial charge is 0.338 e. The second-order valence-electron chi connectivity index (χ2n) is 4.29. The van der Waals surface area contributed by atoms with Crippen molar-refractivity contribution in [2.24, 2.45) is 0 Å². The Morgan fingerprint density at radius 1 is 1.37 bits per heavy atom. The Morgan fingerprint density at radius 2 is 2.21 bits per heavy atom. The third-order valence-corrected chi connectivity index (χ3v) is 3.93. The van der Waals surface area contributed by atoms with E-state index in [4.69, 9.17) is 4.52 Å². The molecule has 0 N–H and O–H groups in total. The van der Waals surface area contributed by atoms with Crippen LogP contribution in [0.2, 0.25) is 0 Å². The summed E-state index contributed by atoms with van der Waals surface area (Å²) in [6, 6.07) is 8.00. The van der Waals surface area contributed by atoms with Gasteiger partial charge in [0.1, 0.15) is 0 Å². The van der Waals surface area contributed by atoms with Crippen LogP contribution in [0.1, 0.15) is 23.9 Å². The van der Waals surface area contributed by atoms with Crippen molar-refractivity contribution < 1.29 is 4.52 Å². The van der Waals surface area contributed by atoms with Gasteiger partial charge in [-0.3, -0.25) is 0 Å². The molecule has 19 heavy (non-hydrogen) atoms. The van der Waals surface area contributed by atoms with Crippen LogP contribution in [-0.4, -0.2) is 25.9 Å². The van der Waals surface area contributed by atoms with Crippen molar-refractivity contribution in [3.8, 4) is 0 Å². The van der Waals surface area contributed by atoms with Gasteiger partial charge in [-0.15, -0.1) is 0 Å². The van der Waals surface area contributed by atoms with E-state index in [9.17, 15) is 0 Å². The van der Waals surface area contributed by atoms with Crippen LogP contribution in [0, 0.1) is 0 Å². The fourth-order valence-corrected chi connectivity index (χ4v) is 2.18. The molecule has 0 aliphatic rings. The SMILES string of the molecule is CS[C@@H](C)c1nc(Cn2cnc3ccccc32)no1. The van der Waals surface area contributed by atoms with Crippen molar-refractivity contribution in [3.63, 3.8) is 0 Å². The Labute approximate surface area is 115 Å². The molecule has 1 aromatic carbocycles. The van der Waals surface area contributed by atoms with Crippen LogP contribution in [0.5, 0.6) is 0 Å². The maximum Gasteiger partial charge on any atom is 0.239 e. The van der Waals surface area contributed by atoms with Gasteiger partial charge in [0.25, 0.3) is 0 Å². The van der Waals surface area contributed by atoms with Gasteiger partial charge in [-0.2, -0.15) is 16.7 Å². The van der Waals surface area contributed by atoms with Gasteiger partial charge in [-0.05, 0) is 25.3 Å². The lowest BCUT2D eigenvalue weighted by atomic mass is 10.3. The van der Waals surface area contributed by atoms with Crippen LogP contribution in [0.25, 0.3) is 11.0 Å². The Kier molecular flexibility index (Phi) is 3.25. The zero-order valence-electron chi connectivity index (χ0n) is 10.8. The number of aromatic nitrogens is 4. The number of para-hydroxylation sites is 2. The second kappa shape index (κ2) is 5.05. The fourth-order valence-electron chi connectivity index (χ4n) is 1.89. The first kappa shape index (κ1) is 12.2. The molecule has 0 radical (unpaired) electrons. The molecule has 0 aliphatic heterocycles. The molecule has 0 bridgehead atoms. The monoisotopic (exact) mass is 274 g/mol. The van der Waals surface area contributed by atoms with Gasteiger partial charge < -0.3 is 9.09 Å². The molecule has 1 atom stereocenters. The Hall–Kier alpha value is -1.82. The predicted molar refractivity (Wildman–Crippen MR) is 75.1 cm³/mol. The van der Waals surface area contributed by atoms with E-state index in [1.165, 1.54) is 0 Å². The van der Waals surface area contributed by atoms with E-state index in [0.29, 0.717) is 18.3 Å². The lowest BCUT2D eigenvalue weighted by Gasteiger charge is -2.00. The highest BCUT2D eigenvalue weighted by Crippen LogP contribution is 2.23. The summed E-state index contributed by atoms with van der Waals surface area (Å²) in [4.78, 5) is 8.76. The van der Waals surface area contributed by atoms with Crippen molar-refractivity contribution in [2.45, 2.75) is 18.7 Å². The molecule has 0 saturated heterocycles. The zero-order valence-corrected chi connectivity index (χ0v) is 11.6. The number of thioether (sulfide) groups is 1. The molecule has 5 nitrogen and oxygen atoms in total. The smallest absolute Gasteiger partial charge is 0.239 e. The highest BCUT2D eigenvalue weighted by atomic mass is 32.2. The van der Waals surface area contributed by atoms with Gasteiger partial charge in [-0.1, -0.05) is 17.3 Å². The average molecular weight is 274 g/mol. The van der Waals surface area contributed by atoms with Crippen molar-refractivity contribution in [3.05, 3.63) is 42.3 Å². The first-order valence-corrected chi connectivity index (χ1v) is 7.32. The molecule has 2 aromatic heterocycles. The maximum absolute atomic E-state index is 5.26. The van der Waals surface area contributed by atoms with Gasteiger partial charge in [0, 0.05) is 0 Å². The first-order chi connectivity index (χ1) is 9.28. The molecule has 0 aliphatic carbocycles. The second-order valence-corrected chi connectivity index (χ2v) is 5.47. The summed E-state index contributed by atoms with van der Waals surface area (Å²) in [6.45, 7) is 2.62. The lowest BCUT2D eigenvalue weighted by molar-refractivity contribution is 0.374. The quantitative estimate of drug-likeness (QED) is 0.732.